The summed E-state index contributed by atoms with van der Waals surface area (Å²) < 4.78 is 1.50. The summed E-state index contributed by atoms with van der Waals surface area (Å²) in [5.41, 5.74) is 2.70. The number of rotatable bonds is 8. The smallest absolute Gasteiger partial charge is 0.280 e. The number of amidine groups is 1. The molecule has 7 N–H and O–H groups in total. The van der Waals surface area contributed by atoms with Crippen molar-refractivity contribution in [1.29, 1.82) is 0 Å². The van der Waals surface area contributed by atoms with Crippen LogP contribution in [0.15, 0.2) is 22.0 Å². The van der Waals surface area contributed by atoms with Crippen molar-refractivity contribution in [3.8, 4) is 0 Å². The summed E-state index contributed by atoms with van der Waals surface area (Å²) in [6, 6.07) is 3.73. The van der Waals surface area contributed by atoms with E-state index in [0.29, 0.717) is 11.0 Å². The Bertz CT molecular complexity index is 911. The maximum Gasteiger partial charge on any atom is 0.280 e. The highest BCUT2D eigenvalue weighted by molar-refractivity contribution is 5.97. The van der Waals surface area contributed by atoms with E-state index in [0.717, 1.165) is 16.1 Å². The van der Waals surface area contributed by atoms with Crippen LogP contribution in [-0.2, 0) is 6.54 Å². The normalized spacial score (nSPS) is 13.1. The zero-order valence-electron chi connectivity index (χ0n) is 16.2. The first-order chi connectivity index (χ1) is 13.3. The van der Waals surface area contributed by atoms with E-state index in [4.69, 9.17) is 21.9 Å². The van der Waals surface area contributed by atoms with Gasteiger partial charge in [-0.2, -0.15) is 5.10 Å². The molecule has 1 aromatic heterocycles. The number of hydrazine groups is 1. The molecule has 1 aromatic carbocycles. The molecule has 1 atom stereocenters. The lowest BCUT2D eigenvalue weighted by atomic mass is 10.1. The molecule has 0 bridgehead atoms. The predicted molar refractivity (Wildman–Crippen MR) is 107 cm³/mol. The van der Waals surface area contributed by atoms with Gasteiger partial charge in [0.1, 0.15) is 0 Å². The minimum atomic E-state index is -0.738. The molecule has 154 valence electrons. The van der Waals surface area contributed by atoms with Gasteiger partial charge in [0.15, 0.2) is 11.5 Å². The van der Waals surface area contributed by atoms with Crippen molar-refractivity contribution >= 4 is 16.9 Å². The molecule has 10 heteroatoms. The molecule has 2 aromatic rings. The summed E-state index contributed by atoms with van der Waals surface area (Å²) >= 11 is 0. The van der Waals surface area contributed by atoms with Crippen molar-refractivity contribution in [2.24, 2.45) is 16.8 Å². The molecular weight excluding hydrogens is 364 g/mol. The fourth-order valence-corrected chi connectivity index (χ4v) is 2.92. The molecule has 2 rings (SSSR count). The number of aromatic nitrogens is 2. The summed E-state index contributed by atoms with van der Waals surface area (Å²) in [5, 5.41) is 32.7. The summed E-state index contributed by atoms with van der Waals surface area (Å²) in [6.07, 6.45) is -0.229. The second kappa shape index (κ2) is 9.60. The van der Waals surface area contributed by atoms with Crippen molar-refractivity contribution in [2.75, 3.05) is 19.8 Å². The largest absolute Gasteiger partial charge is 0.396 e. The van der Waals surface area contributed by atoms with Gasteiger partial charge in [-0.25, -0.2) is 10.8 Å². The quantitative estimate of drug-likeness (QED) is 0.164. The van der Waals surface area contributed by atoms with E-state index in [2.05, 4.69) is 10.1 Å². The summed E-state index contributed by atoms with van der Waals surface area (Å²) in [5.74, 6) is 11.3. The fourth-order valence-electron chi connectivity index (χ4n) is 2.92. The van der Waals surface area contributed by atoms with E-state index in [-0.39, 0.29) is 50.7 Å². The lowest BCUT2D eigenvalue weighted by Crippen LogP contribution is -2.44. The van der Waals surface area contributed by atoms with Gasteiger partial charge in [0, 0.05) is 13.2 Å². The third-order valence-electron chi connectivity index (χ3n) is 4.66. The van der Waals surface area contributed by atoms with E-state index < -0.39 is 11.7 Å². The van der Waals surface area contributed by atoms with E-state index in [1.165, 1.54) is 4.57 Å². The van der Waals surface area contributed by atoms with Gasteiger partial charge in [0.05, 0.1) is 30.3 Å². The van der Waals surface area contributed by atoms with Gasteiger partial charge in [-0.05, 0) is 49.9 Å². The number of aliphatic hydroxyl groups excluding tert-OH is 3. The van der Waals surface area contributed by atoms with E-state index in [9.17, 15) is 9.90 Å². The molecule has 0 aliphatic carbocycles. The van der Waals surface area contributed by atoms with Crippen LogP contribution < -0.4 is 17.2 Å². The molecule has 0 radical (unpaired) electrons. The van der Waals surface area contributed by atoms with Crippen molar-refractivity contribution in [2.45, 2.75) is 39.3 Å². The van der Waals surface area contributed by atoms with Crippen LogP contribution >= 0.6 is 0 Å². The maximum atomic E-state index is 13.1. The number of hydrogen-bond donors (Lipinski definition) is 5. The Balaban J connectivity index is 2.64. The number of hydrogen-bond acceptors (Lipinski definition) is 8. The monoisotopic (exact) mass is 392 g/mol. The van der Waals surface area contributed by atoms with Crippen LogP contribution in [0.25, 0.3) is 11.0 Å². The van der Waals surface area contributed by atoms with Gasteiger partial charge in [0.2, 0.25) is 0 Å². The molecular formula is C18H28N6O4. The summed E-state index contributed by atoms with van der Waals surface area (Å²) in [4.78, 5) is 17.6. The van der Waals surface area contributed by atoms with Crippen LogP contribution in [-0.4, -0.2) is 61.6 Å². The molecule has 0 saturated heterocycles. The molecule has 0 amide bonds. The molecule has 28 heavy (non-hydrogen) atoms. The number of aliphatic hydroxyl groups is 3. The van der Waals surface area contributed by atoms with Crippen molar-refractivity contribution in [1.82, 2.24) is 14.6 Å². The second-order valence-electron chi connectivity index (χ2n) is 6.67. The van der Waals surface area contributed by atoms with Crippen LogP contribution in [0.3, 0.4) is 0 Å². The molecule has 0 saturated carbocycles. The van der Waals surface area contributed by atoms with Crippen LogP contribution in [0.4, 0.5) is 0 Å². The average molecular weight is 392 g/mol. The van der Waals surface area contributed by atoms with Gasteiger partial charge in [-0.15, -0.1) is 0 Å². The first-order valence-corrected chi connectivity index (χ1v) is 9.06. The molecule has 0 spiro atoms. The van der Waals surface area contributed by atoms with Gasteiger partial charge in [0.25, 0.3) is 5.56 Å². The lowest BCUT2D eigenvalue weighted by molar-refractivity contribution is 0.121. The Kier molecular flexibility index (Phi) is 7.46. The highest BCUT2D eigenvalue weighted by Crippen LogP contribution is 2.18. The third kappa shape index (κ3) is 4.65. The minimum absolute atomic E-state index is 0.0251. The Hall–Kier alpha value is -2.53. The number of aryl methyl sites for hydroxylation is 3. The predicted octanol–water partition coefficient (Wildman–Crippen LogP) is -1.06. The second-order valence-corrected chi connectivity index (χ2v) is 6.67. The molecule has 0 fully saturated rings. The van der Waals surface area contributed by atoms with Gasteiger partial charge in [-0.3, -0.25) is 9.80 Å². The number of nitrogens with two attached hydrogens (primary N) is 2. The van der Waals surface area contributed by atoms with Crippen molar-refractivity contribution in [3.05, 3.63) is 39.3 Å². The maximum absolute atomic E-state index is 13.1. The summed E-state index contributed by atoms with van der Waals surface area (Å²) in [7, 11) is 0. The number of nitrogens with zero attached hydrogens (tertiary/aromatic N) is 4. The van der Waals surface area contributed by atoms with E-state index in [1.54, 1.807) is 0 Å². The Morgan fingerprint density at radius 3 is 2.54 bits per heavy atom. The standard InChI is InChI=1S/C18H28N6O4/c1-11-9-14-15(10-12(11)2)23(5-3-13(27)4-7-25)18(28)16(21-14)17(22-19)24(20)6-8-26/h9-10,13,25-27H,3-8,19-20H2,1-2H3/b22-17-. The Morgan fingerprint density at radius 1 is 1.25 bits per heavy atom. The number of hydrazone groups is 1. The summed E-state index contributed by atoms with van der Waals surface area (Å²) in [6.45, 7) is 3.74. The van der Waals surface area contributed by atoms with Gasteiger partial charge in [-0.1, -0.05) is 0 Å². The SMILES string of the molecule is Cc1cc2nc(/C(=N/N)N(N)CCO)c(=O)n(CCC(O)CCO)c2cc1C. The molecule has 1 unspecified atom stereocenters. The van der Waals surface area contributed by atoms with Crippen molar-refractivity contribution in [3.63, 3.8) is 0 Å². The zero-order chi connectivity index (χ0) is 20.8. The highest BCUT2D eigenvalue weighted by Gasteiger charge is 2.20. The van der Waals surface area contributed by atoms with Crippen LogP contribution in [0.5, 0.6) is 0 Å². The van der Waals surface area contributed by atoms with Gasteiger partial charge >= 0.3 is 0 Å². The van der Waals surface area contributed by atoms with Crippen LogP contribution in [0, 0.1) is 13.8 Å². The zero-order valence-corrected chi connectivity index (χ0v) is 16.2. The van der Waals surface area contributed by atoms with Crippen molar-refractivity contribution < 1.29 is 15.3 Å². The Morgan fingerprint density at radius 2 is 1.93 bits per heavy atom. The van der Waals surface area contributed by atoms with E-state index >= 15 is 0 Å². The highest BCUT2D eigenvalue weighted by atomic mass is 16.3. The van der Waals surface area contributed by atoms with E-state index in [1.807, 2.05) is 26.0 Å². The van der Waals surface area contributed by atoms with Gasteiger partial charge < -0.3 is 25.7 Å². The molecule has 0 aliphatic rings. The Labute approximate surface area is 162 Å². The third-order valence-corrected chi connectivity index (χ3v) is 4.66. The number of fused-ring (bicyclic) bond motifs is 1. The lowest BCUT2D eigenvalue weighted by Gasteiger charge is -2.20. The molecule has 1 heterocycles. The van der Waals surface area contributed by atoms with Crippen LogP contribution in [0.1, 0.15) is 29.7 Å². The molecule has 0 aliphatic heterocycles. The minimum Gasteiger partial charge on any atom is -0.396 e. The first kappa shape index (κ1) is 21.8. The molecule has 10 nitrogen and oxygen atoms in total. The first-order valence-electron chi connectivity index (χ1n) is 9.06. The average Bonchev–Trinajstić information content (AvgIpc) is 2.64. The number of benzene rings is 1. The fraction of sp³-hybridized carbons (Fsp3) is 0.500. The topological polar surface area (TPSA) is 163 Å². The van der Waals surface area contributed by atoms with Crippen LogP contribution in [0.2, 0.25) is 0 Å².